The molecule has 5 heteroatoms. The van der Waals surface area contributed by atoms with Gasteiger partial charge in [0.1, 0.15) is 0 Å². The number of carbonyl (C=O) groups is 3. The van der Waals surface area contributed by atoms with Crippen molar-refractivity contribution < 1.29 is 14.4 Å². The molecule has 1 atom stereocenters. The van der Waals surface area contributed by atoms with Crippen molar-refractivity contribution >= 4 is 17.7 Å². The van der Waals surface area contributed by atoms with E-state index in [9.17, 15) is 14.4 Å². The number of hydrogen-bond acceptors (Lipinski definition) is 3. The summed E-state index contributed by atoms with van der Waals surface area (Å²) in [4.78, 5) is 38.5. The summed E-state index contributed by atoms with van der Waals surface area (Å²) in [6.07, 6.45) is 9.80. The SMILES string of the molecule is O=C1NC(=O)c2cc(C(=O)N3CCC[C@H]3CC3CCCCC3)ccc21. The van der Waals surface area contributed by atoms with E-state index in [1.165, 1.54) is 32.1 Å². The molecule has 5 nitrogen and oxygen atoms in total. The smallest absolute Gasteiger partial charge is 0.258 e. The standard InChI is InChI=1S/C20H24N2O3/c23-18-16-9-8-14(12-17(16)19(24)21-18)20(25)22-10-4-7-15(22)11-13-5-2-1-3-6-13/h8-9,12-13,15H,1-7,10-11H2,(H,21,23,24)/t15-/m0/s1. The van der Waals surface area contributed by atoms with Crippen LogP contribution in [-0.2, 0) is 0 Å². The van der Waals surface area contributed by atoms with Gasteiger partial charge in [0.15, 0.2) is 0 Å². The van der Waals surface area contributed by atoms with E-state index in [2.05, 4.69) is 5.32 Å². The fourth-order valence-electron chi connectivity index (χ4n) is 4.62. The molecule has 1 saturated carbocycles. The van der Waals surface area contributed by atoms with Crippen LogP contribution in [0.1, 0.15) is 82.4 Å². The van der Waals surface area contributed by atoms with Gasteiger partial charge in [-0.3, -0.25) is 19.7 Å². The Hall–Kier alpha value is -2.17. The molecule has 2 fully saturated rings. The number of nitrogens with one attached hydrogen (secondary N) is 1. The number of rotatable bonds is 3. The first-order valence-corrected chi connectivity index (χ1v) is 9.44. The summed E-state index contributed by atoms with van der Waals surface area (Å²) >= 11 is 0. The molecule has 1 aromatic rings. The molecular weight excluding hydrogens is 316 g/mol. The third-order valence-corrected chi connectivity index (χ3v) is 5.95. The first kappa shape index (κ1) is 16.3. The molecule has 0 radical (unpaired) electrons. The molecular formula is C20H24N2O3. The molecule has 0 spiro atoms. The summed E-state index contributed by atoms with van der Waals surface area (Å²) in [6.45, 7) is 0.790. The Morgan fingerprint density at radius 2 is 1.76 bits per heavy atom. The normalized spacial score (nSPS) is 23.7. The van der Waals surface area contributed by atoms with Crippen LogP contribution in [0, 0.1) is 5.92 Å². The lowest BCUT2D eigenvalue weighted by atomic mass is 9.84. The number of imide groups is 1. The minimum Gasteiger partial charge on any atom is -0.336 e. The Morgan fingerprint density at radius 3 is 2.56 bits per heavy atom. The van der Waals surface area contributed by atoms with E-state index >= 15 is 0 Å². The van der Waals surface area contributed by atoms with Crippen LogP contribution in [0.4, 0.5) is 0 Å². The van der Waals surface area contributed by atoms with Crippen molar-refractivity contribution in [3.63, 3.8) is 0 Å². The summed E-state index contributed by atoms with van der Waals surface area (Å²) in [5.74, 6) is -0.0472. The number of likely N-dealkylation sites (tertiary alicyclic amines) is 1. The van der Waals surface area contributed by atoms with Crippen molar-refractivity contribution in [2.75, 3.05) is 6.54 Å². The van der Waals surface area contributed by atoms with Gasteiger partial charge in [-0.05, 0) is 43.4 Å². The Kier molecular flexibility index (Phi) is 4.32. The molecule has 1 saturated heterocycles. The highest BCUT2D eigenvalue weighted by atomic mass is 16.2. The van der Waals surface area contributed by atoms with Crippen LogP contribution in [0.5, 0.6) is 0 Å². The average molecular weight is 340 g/mol. The highest BCUT2D eigenvalue weighted by Gasteiger charge is 2.33. The second-order valence-electron chi connectivity index (χ2n) is 7.58. The summed E-state index contributed by atoms with van der Waals surface area (Å²) in [6, 6.07) is 5.16. The third kappa shape index (κ3) is 3.08. The number of benzene rings is 1. The third-order valence-electron chi connectivity index (χ3n) is 5.95. The van der Waals surface area contributed by atoms with Gasteiger partial charge in [-0.2, -0.15) is 0 Å². The Balaban J connectivity index is 1.51. The predicted octanol–water partition coefficient (Wildman–Crippen LogP) is 3.15. The first-order valence-electron chi connectivity index (χ1n) is 9.44. The lowest BCUT2D eigenvalue weighted by molar-refractivity contribution is 0.0711. The van der Waals surface area contributed by atoms with Crippen LogP contribution in [0.3, 0.4) is 0 Å². The van der Waals surface area contributed by atoms with E-state index in [1.54, 1.807) is 18.2 Å². The molecule has 0 aromatic heterocycles. The predicted molar refractivity (Wildman–Crippen MR) is 93.5 cm³/mol. The molecule has 0 bridgehead atoms. The second-order valence-corrected chi connectivity index (χ2v) is 7.58. The molecule has 25 heavy (non-hydrogen) atoms. The molecule has 3 amide bonds. The van der Waals surface area contributed by atoms with E-state index in [0.29, 0.717) is 22.7 Å². The highest BCUT2D eigenvalue weighted by molar-refractivity contribution is 6.22. The van der Waals surface area contributed by atoms with Gasteiger partial charge in [-0.25, -0.2) is 0 Å². The number of amides is 3. The maximum atomic E-state index is 13.0. The zero-order chi connectivity index (χ0) is 17.4. The van der Waals surface area contributed by atoms with Gasteiger partial charge in [-0.15, -0.1) is 0 Å². The average Bonchev–Trinajstić information content (AvgIpc) is 3.20. The minimum absolute atomic E-state index is 0.00624. The zero-order valence-electron chi connectivity index (χ0n) is 14.4. The number of carbonyl (C=O) groups excluding carboxylic acids is 3. The number of hydrogen-bond donors (Lipinski definition) is 1. The lowest BCUT2D eigenvalue weighted by Crippen LogP contribution is -2.37. The fraction of sp³-hybridized carbons (Fsp3) is 0.550. The van der Waals surface area contributed by atoms with Gasteiger partial charge in [0.05, 0.1) is 11.1 Å². The molecule has 0 unspecified atom stereocenters. The molecule has 132 valence electrons. The molecule has 1 N–H and O–H groups in total. The van der Waals surface area contributed by atoms with Crippen LogP contribution < -0.4 is 5.32 Å². The van der Waals surface area contributed by atoms with Crippen LogP contribution in [0.2, 0.25) is 0 Å². The molecule has 1 aromatic carbocycles. The van der Waals surface area contributed by atoms with Crippen molar-refractivity contribution in [3.8, 4) is 0 Å². The highest BCUT2D eigenvalue weighted by Crippen LogP contribution is 2.33. The van der Waals surface area contributed by atoms with Crippen molar-refractivity contribution in [1.82, 2.24) is 10.2 Å². The Labute approximate surface area is 147 Å². The van der Waals surface area contributed by atoms with Crippen LogP contribution in [0.25, 0.3) is 0 Å². The van der Waals surface area contributed by atoms with Crippen molar-refractivity contribution in [2.45, 2.75) is 57.4 Å². The summed E-state index contributed by atoms with van der Waals surface area (Å²) < 4.78 is 0. The van der Waals surface area contributed by atoms with Crippen LogP contribution in [-0.4, -0.2) is 35.2 Å². The molecule has 1 aliphatic carbocycles. The first-order chi connectivity index (χ1) is 12.1. The number of fused-ring (bicyclic) bond motifs is 1. The lowest BCUT2D eigenvalue weighted by Gasteiger charge is -2.30. The van der Waals surface area contributed by atoms with Gasteiger partial charge in [-0.1, -0.05) is 32.1 Å². The van der Waals surface area contributed by atoms with Crippen LogP contribution >= 0.6 is 0 Å². The van der Waals surface area contributed by atoms with E-state index in [-0.39, 0.29) is 11.8 Å². The largest absolute Gasteiger partial charge is 0.336 e. The van der Waals surface area contributed by atoms with Crippen molar-refractivity contribution in [1.29, 1.82) is 0 Å². The molecule has 2 heterocycles. The monoisotopic (exact) mass is 340 g/mol. The van der Waals surface area contributed by atoms with Crippen molar-refractivity contribution in [3.05, 3.63) is 34.9 Å². The molecule has 3 aliphatic rings. The summed E-state index contributed by atoms with van der Waals surface area (Å²) in [5, 5.41) is 2.28. The minimum atomic E-state index is -0.408. The Bertz CT molecular complexity index is 722. The van der Waals surface area contributed by atoms with Gasteiger partial charge >= 0.3 is 0 Å². The van der Waals surface area contributed by atoms with E-state index < -0.39 is 5.91 Å². The van der Waals surface area contributed by atoms with Crippen LogP contribution in [0.15, 0.2) is 18.2 Å². The second kappa shape index (κ2) is 6.62. The van der Waals surface area contributed by atoms with Gasteiger partial charge < -0.3 is 4.90 Å². The quantitative estimate of drug-likeness (QED) is 0.860. The maximum absolute atomic E-state index is 13.0. The summed E-state index contributed by atoms with van der Waals surface area (Å²) in [7, 11) is 0. The van der Waals surface area contributed by atoms with E-state index in [1.807, 2.05) is 4.90 Å². The zero-order valence-corrected chi connectivity index (χ0v) is 14.4. The van der Waals surface area contributed by atoms with Gasteiger partial charge in [0.2, 0.25) is 0 Å². The van der Waals surface area contributed by atoms with E-state index in [4.69, 9.17) is 0 Å². The Morgan fingerprint density at radius 1 is 1.00 bits per heavy atom. The topological polar surface area (TPSA) is 66.5 Å². The number of nitrogens with zero attached hydrogens (tertiary/aromatic N) is 1. The van der Waals surface area contributed by atoms with E-state index in [0.717, 1.165) is 31.7 Å². The maximum Gasteiger partial charge on any atom is 0.258 e. The molecule has 2 aliphatic heterocycles. The summed E-state index contributed by atoms with van der Waals surface area (Å²) in [5.41, 5.74) is 1.19. The van der Waals surface area contributed by atoms with Gasteiger partial charge in [0, 0.05) is 18.2 Å². The molecule has 4 rings (SSSR count). The van der Waals surface area contributed by atoms with Gasteiger partial charge in [0.25, 0.3) is 17.7 Å². The fourth-order valence-corrected chi connectivity index (χ4v) is 4.62. The van der Waals surface area contributed by atoms with Crippen molar-refractivity contribution in [2.24, 2.45) is 5.92 Å².